The Labute approximate surface area is 135 Å². The zero-order valence-corrected chi connectivity index (χ0v) is 14.0. The Bertz CT molecular complexity index is 779. The highest BCUT2D eigenvalue weighted by Crippen LogP contribution is 2.30. The van der Waals surface area contributed by atoms with Crippen LogP contribution in [0.5, 0.6) is 0 Å². The van der Waals surface area contributed by atoms with E-state index in [2.05, 4.69) is 38.1 Å². The molecule has 0 fully saturated rings. The van der Waals surface area contributed by atoms with Crippen molar-refractivity contribution in [3.63, 3.8) is 0 Å². The molecule has 3 N–H and O–H groups in total. The molecular formula is C15H15BrN4S. The molecule has 0 unspecified atom stereocenters. The van der Waals surface area contributed by atoms with Gasteiger partial charge in [-0.05, 0) is 24.6 Å². The quantitative estimate of drug-likeness (QED) is 0.729. The first-order valence-corrected chi connectivity index (χ1v) is 8.29. The molecule has 6 heteroatoms. The van der Waals surface area contributed by atoms with E-state index in [1.54, 1.807) is 17.5 Å². The van der Waals surface area contributed by atoms with Crippen LogP contribution in [0.4, 0.5) is 11.4 Å². The number of pyridine rings is 1. The van der Waals surface area contributed by atoms with Gasteiger partial charge in [0.2, 0.25) is 0 Å². The number of hydrogen-bond acceptors (Lipinski definition) is 5. The van der Waals surface area contributed by atoms with Crippen molar-refractivity contribution in [2.75, 3.05) is 11.1 Å². The van der Waals surface area contributed by atoms with Gasteiger partial charge in [0.1, 0.15) is 5.01 Å². The van der Waals surface area contributed by atoms with Crippen molar-refractivity contribution >= 4 is 49.5 Å². The fraction of sp³-hybridized carbons (Fsp3) is 0.200. The van der Waals surface area contributed by atoms with Gasteiger partial charge in [-0.2, -0.15) is 0 Å². The number of fused-ring (bicyclic) bond motifs is 1. The number of aryl methyl sites for hydroxylation is 1. The first-order valence-electron chi connectivity index (χ1n) is 6.68. The molecule has 0 radical (unpaired) electrons. The van der Waals surface area contributed by atoms with Gasteiger partial charge in [-0.3, -0.25) is 4.98 Å². The van der Waals surface area contributed by atoms with Gasteiger partial charge >= 0.3 is 0 Å². The van der Waals surface area contributed by atoms with Gasteiger partial charge in [0, 0.05) is 20.9 Å². The number of nitrogens with one attached hydrogen (secondary N) is 1. The molecule has 3 rings (SSSR count). The molecule has 2 heterocycles. The van der Waals surface area contributed by atoms with Crippen LogP contribution >= 0.6 is 27.3 Å². The third-order valence-corrected chi connectivity index (χ3v) is 4.86. The number of nitrogens with zero attached hydrogens (tertiary/aromatic N) is 2. The summed E-state index contributed by atoms with van der Waals surface area (Å²) in [5.74, 6) is 0. The Hall–Kier alpha value is -1.66. The number of nitrogens with two attached hydrogens (primary N) is 1. The van der Waals surface area contributed by atoms with Gasteiger partial charge in [-0.1, -0.05) is 22.9 Å². The van der Waals surface area contributed by atoms with Gasteiger partial charge in [0.25, 0.3) is 0 Å². The monoisotopic (exact) mass is 362 g/mol. The molecular weight excluding hydrogens is 348 g/mol. The standard InChI is InChI=1S/C15H15BrN4S/c1-2-10-6-19-14(21-10)8-20-15-11-5-9(16)3-4-13(11)18-7-12(15)17/h3-7H,2,8,17H2,1H3,(H,18,20). The van der Waals surface area contributed by atoms with Crippen LogP contribution in [0.25, 0.3) is 10.9 Å². The smallest absolute Gasteiger partial charge is 0.112 e. The minimum absolute atomic E-state index is 0.646. The van der Waals surface area contributed by atoms with E-state index in [9.17, 15) is 0 Å². The first kappa shape index (κ1) is 14.3. The van der Waals surface area contributed by atoms with Crippen LogP contribution in [-0.2, 0) is 13.0 Å². The van der Waals surface area contributed by atoms with E-state index in [0.29, 0.717) is 12.2 Å². The minimum atomic E-state index is 0.646. The molecule has 0 bridgehead atoms. The summed E-state index contributed by atoms with van der Waals surface area (Å²) in [5.41, 5.74) is 8.55. The highest BCUT2D eigenvalue weighted by molar-refractivity contribution is 9.10. The van der Waals surface area contributed by atoms with Crippen LogP contribution in [0.2, 0.25) is 0 Å². The Balaban J connectivity index is 1.92. The van der Waals surface area contributed by atoms with E-state index >= 15 is 0 Å². The molecule has 0 aliphatic rings. The lowest BCUT2D eigenvalue weighted by Gasteiger charge is -2.11. The van der Waals surface area contributed by atoms with Gasteiger partial charge in [0.05, 0.1) is 29.6 Å². The zero-order chi connectivity index (χ0) is 14.8. The summed E-state index contributed by atoms with van der Waals surface area (Å²) in [7, 11) is 0. The number of aromatic nitrogens is 2. The van der Waals surface area contributed by atoms with Crippen LogP contribution in [0, 0.1) is 0 Å². The number of hydrogen-bond donors (Lipinski definition) is 2. The zero-order valence-electron chi connectivity index (χ0n) is 11.6. The lowest BCUT2D eigenvalue weighted by molar-refractivity contribution is 1.10. The molecule has 0 atom stereocenters. The highest BCUT2D eigenvalue weighted by atomic mass is 79.9. The van der Waals surface area contributed by atoms with E-state index in [1.165, 1.54) is 4.88 Å². The summed E-state index contributed by atoms with van der Waals surface area (Å²) >= 11 is 5.22. The van der Waals surface area contributed by atoms with E-state index in [0.717, 1.165) is 32.5 Å². The molecule has 108 valence electrons. The lowest BCUT2D eigenvalue weighted by Crippen LogP contribution is -2.03. The van der Waals surface area contributed by atoms with Crippen molar-refractivity contribution in [2.45, 2.75) is 19.9 Å². The molecule has 0 spiro atoms. The molecule has 1 aromatic carbocycles. The lowest BCUT2D eigenvalue weighted by atomic mass is 10.1. The summed E-state index contributed by atoms with van der Waals surface area (Å²) in [6.07, 6.45) is 4.65. The van der Waals surface area contributed by atoms with Crippen molar-refractivity contribution in [2.24, 2.45) is 0 Å². The predicted molar refractivity (Wildman–Crippen MR) is 92.7 cm³/mol. The van der Waals surface area contributed by atoms with Crippen LogP contribution in [0.3, 0.4) is 0 Å². The van der Waals surface area contributed by atoms with Crippen molar-refractivity contribution < 1.29 is 0 Å². The van der Waals surface area contributed by atoms with Crippen LogP contribution in [0.1, 0.15) is 16.8 Å². The molecule has 0 aliphatic heterocycles. The van der Waals surface area contributed by atoms with Gasteiger partial charge in [-0.25, -0.2) is 4.98 Å². The molecule has 21 heavy (non-hydrogen) atoms. The molecule has 3 aromatic rings. The van der Waals surface area contributed by atoms with Gasteiger partial charge in [0.15, 0.2) is 0 Å². The summed E-state index contributed by atoms with van der Waals surface area (Å²) < 4.78 is 1.01. The molecule has 0 aliphatic carbocycles. The number of halogens is 1. The second-order valence-electron chi connectivity index (χ2n) is 4.68. The van der Waals surface area contributed by atoms with Crippen LogP contribution in [0.15, 0.2) is 35.1 Å². The number of benzene rings is 1. The normalized spacial score (nSPS) is 11.0. The molecule has 0 amide bonds. The van der Waals surface area contributed by atoms with E-state index in [-0.39, 0.29) is 0 Å². The Morgan fingerprint density at radius 1 is 1.29 bits per heavy atom. The number of thiazole rings is 1. The number of nitrogen functional groups attached to an aromatic ring is 1. The molecule has 4 nitrogen and oxygen atoms in total. The van der Waals surface area contributed by atoms with Gasteiger partial charge in [-0.15, -0.1) is 11.3 Å². The molecule has 0 saturated heterocycles. The second-order valence-corrected chi connectivity index (χ2v) is 6.79. The average molecular weight is 363 g/mol. The van der Waals surface area contributed by atoms with Crippen molar-refractivity contribution in [3.05, 3.63) is 45.0 Å². The minimum Gasteiger partial charge on any atom is -0.396 e. The van der Waals surface area contributed by atoms with Crippen molar-refractivity contribution in [1.29, 1.82) is 0 Å². The maximum absolute atomic E-state index is 6.07. The number of anilines is 2. The summed E-state index contributed by atoms with van der Waals surface area (Å²) in [4.78, 5) is 10.1. The van der Waals surface area contributed by atoms with E-state index in [4.69, 9.17) is 5.73 Å². The Morgan fingerprint density at radius 3 is 2.90 bits per heavy atom. The van der Waals surface area contributed by atoms with Crippen molar-refractivity contribution in [3.8, 4) is 0 Å². The molecule has 0 saturated carbocycles. The molecule has 2 aromatic heterocycles. The fourth-order valence-electron chi connectivity index (χ4n) is 2.13. The maximum atomic E-state index is 6.07. The third-order valence-electron chi connectivity index (χ3n) is 3.23. The average Bonchev–Trinajstić information content (AvgIpc) is 2.94. The van der Waals surface area contributed by atoms with Crippen LogP contribution < -0.4 is 11.1 Å². The largest absolute Gasteiger partial charge is 0.396 e. The topological polar surface area (TPSA) is 63.8 Å². The SMILES string of the molecule is CCc1cnc(CNc2c(N)cnc3ccc(Br)cc23)s1. The first-order chi connectivity index (χ1) is 10.2. The van der Waals surface area contributed by atoms with E-state index < -0.39 is 0 Å². The number of rotatable bonds is 4. The van der Waals surface area contributed by atoms with Crippen LogP contribution in [-0.4, -0.2) is 9.97 Å². The fourth-order valence-corrected chi connectivity index (χ4v) is 3.30. The summed E-state index contributed by atoms with van der Waals surface area (Å²) in [6.45, 7) is 2.80. The summed E-state index contributed by atoms with van der Waals surface area (Å²) in [5, 5.41) is 5.47. The highest BCUT2D eigenvalue weighted by Gasteiger charge is 2.08. The predicted octanol–water partition coefficient (Wildman–Crippen LogP) is 4.21. The van der Waals surface area contributed by atoms with Gasteiger partial charge < -0.3 is 11.1 Å². The van der Waals surface area contributed by atoms with Crippen molar-refractivity contribution in [1.82, 2.24) is 9.97 Å². The Kier molecular flexibility index (Phi) is 4.07. The van der Waals surface area contributed by atoms with E-state index in [1.807, 2.05) is 24.4 Å². The Morgan fingerprint density at radius 2 is 2.14 bits per heavy atom. The summed E-state index contributed by atoms with van der Waals surface area (Å²) in [6, 6.07) is 5.98. The second kappa shape index (κ2) is 5.99. The third kappa shape index (κ3) is 3.01. The maximum Gasteiger partial charge on any atom is 0.112 e.